The topological polar surface area (TPSA) is 310 Å². The van der Waals surface area contributed by atoms with Crippen LogP contribution >= 0.6 is 15.9 Å². The van der Waals surface area contributed by atoms with Gasteiger partial charge >= 0.3 is 23.9 Å². The normalized spacial score (nSPS) is 21.6. The Morgan fingerprint density at radius 2 is 0.885 bits per heavy atom. The van der Waals surface area contributed by atoms with E-state index < -0.39 is 40.3 Å². The van der Waals surface area contributed by atoms with E-state index in [0.29, 0.717) is 22.3 Å². The molecule has 612 valence electrons. The van der Waals surface area contributed by atoms with Crippen molar-refractivity contribution in [3.8, 4) is 0 Å². The number of quaternary nitrogens is 1. The van der Waals surface area contributed by atoms with Crippen LogP contribution in [0, 0.1) is 23.7 Å². The van der Waals surface area contributed by atoms with Gasteiger partial charge in [0.15, 0.2) is 28.5 Å². The monoisotopic (exact) mass is 1680 g/mol. The van der Waals surface area contributed by atoms with Gasteiger partial charge in [-0.1, -0.05) is 201 Å². The molecule has 7 aromatic rings. The van der Waals surface area contributed by atoms with Crippen LogP contribution < -0.4 is 17.0 Å². The van der Waals surface area contributed by atoms with Gasteiger partial charge in [-0.25, -0.2) is 34.1 Å². The summed E-state index contributed by atoms with van der Waals surface area (Å²) in [6.45, 7) is 5.43. The lowest BCUT2D eigenvalue weighted by molar-refractivity contribution is -0.879. The Morgan fingerprint density at radius 1 is 0.496 bits per heavy atom. The lowest BCUT2D eigenvalue weighted by Crippen LogP contribution is -3.00. The minimum atomic E-state index is -1.71. The summed E-state index contributed by atoms with van der Waals surface area (Å²) in [5.41, 5.74) is -3.67. The zero-order valence-electron chi connectivity index (χ0n) is 66.0. The van der Waals surface area contributed by atoms with Crippen LogP contribution in [0.3, 0.4) is 0 Å². The summed E-state index contributed by atoms with van der Waals surface area (Å²) in [5.74, 6) is -0.824. The molecular weight excluding hydrogens is 1570 g/mol. The van der Waals surface area contributed by atoms with E-state index in [9.17, 15) is 49.5 Å². The number of benzene rings is 4. The number of imidazole rings is 3. The quantitative estimate of drug-likeness (QED) is 0.0255. The average Bonchev–Trinajstić information content (AvgIpc) is 1.77. The van der Waals surface area contributed by atoms with E-state index in [1.165, 1.54) is 32.7 Å². The molecule has 26 heteroatoms. The summed E-state index contributed by atoms with van der Waals surface area (Å²) >= 11 is 2.94. The number of halogens is 2. The number of allylic oxidation sites excluding steroid dienone is 2. The molecule has 9 aliphatic rings. The van der Waals surface area contributed by atoms with Gasteiger partial charge in [-0.3, -0.25) is 23.5 Å². The number of hydrogen-bond acceptors (Lipinski definition) is 19. The Balaban J connectivity index is 0.000000186. The average molecular weight is 1680 g/mol. The number of hydrogen-bond donors (Lipinski definition) is 6. The number of ether oxygens (including phenoxy) is 2. The van der Waals surface area contributed by atoms with Crippen molar-refractivity contribution in [2.24, 2.45) is 33.7 Å². The number of β-amino-alcohol motifs (C(OH)–C–C–N with tert-alkyl or cyclic N) is 1. The van der Waals surface area contributed by atoms with Gasteiger partial charge in [-0.15, -0.1) is 6.20 Å². The van der Waals surface area contributed by atoms with Gasteiger partial charge < -0.3 is 76.4 Å². The number of alkyl halides is 1. The fraction of sp³-hybridized carbons (Fsp3) is 0.494. The predicted octanol–water partition coefficient (Wildman–Crippen LogP) is 9.64. The third-order valence-corrected chi connectivity index (χ3v) is 22.1. The SMILES string of the molecule is C1=CN=CC1.CBr.CN1CCC(O)C1.CN1CCC(OC(=O)C(O)(c2ccccc2)C2CCCC2)C1.C[N+]1(C)CCC(OC(=O)C(O)(c2ccccc2)C2CCCC2)C1.O=C(O)C(O)(c1ccccc1)C1CCCC1.O=C(n1ccnc1)C(O)(c1ccccc1)C1CCCC1.O=C(n1ccnc1)n1ccnc1.[Br-].[C-]1=NC=CC1. The van der Waals surface area contributed by atoms with Gasteiger partial charge in [0.1, 0.15) is 31.6 Å². The fourth-order valence-electron chi connectivity index (χ4n) is 16.0. The molecule has 7 unspecified atom stereocenters. The highest BCUT2D eigenvalue weighted by molar-refractivity contribution is 9.08. The highest BCUT2D eigenvalue weighted by atomic mass is 79.9. The number of likely N-dealkylation sites (N-methyl/N-ethyl adjacent to an activating group) is 3. The van der Waals surface area contributed by atoms with Crippen LogP contribution in [0.4, 0.5) is 4.79 Å². The van der Waals surface area contributed by atoms with Gasteiger partial charge in [0.05, 0.1) is 26.7 Å². The van der Waals surface area contributed by atoms with Crippen molar-refractivity contribution in [3.05, 3.63) is 224 Å². The Bertz CT molecular complexity index is 3940. The van der Waals surface area contributed by atoms with E-state index in [1.54, 1.807) is 73.8 Å². The van der Waals surface area contributed by atoms with Crippen LogP contribution in [-0.2, 0) is 46.3 Å². The maximum Gasteiger partial charge on any atom is 0.343 e. The van der Waals surface area contributed by atoms with E-state index in [4.69, 9.17) is 14.6 Å². The number of carbonyl (C=O) groups excluding carboxylic acids is 4. The number of aromatic nitrogens is 6. The minimum absolute atomic E-state index is 0. The molecule has 5 aliphatic heterocycles. The zero-order valence-corrected chi connectivity index (χ0v) is 69.2. The molecule has 0 amide bonds. The summed E-state index contributed by atoms with van der Waals surface area (Å²) in [5, 5.41) is 62.5. The van der Waals surface area contributed by atoms with Crippen molar-refractivity contribution in [3.63, 3.8) is 0 Å². The Hall–Kier alpha value is -8.28. The van der Waals surface area contributed by atoms with Crippen LogP contribution in [0.15, 0.2) is 212 Å². The molecule has 0 bridgehead atoms. The molecule has 6 N–H and O–H groups in total. The highest BCUT2D eigenvalue weighted by Gasteiger charge is 2.52. The first-order chi connectivity index (χ1) is 54.1. The molecule has 7 atom stereocenters. The number of aliphatic carboxylic acids is 1. The Morgan fingerprint density at radius 3 is 1.18 bits per heavy atom. The smallest absolute Gasteiger partial charge is 0.343 e. The summed E-state index contributed by atoms with van der Waals surface area (Å²) in [6.07, 6.45) is 45.5. The molecule has 0 radical (unpaired) electrons. The van der Waals surface area contributed by atoms with Crippen LogP contribution in [0.5, 0.6) is 0 Å². The summed E-state index contributed by atoms with van der Waals surface area (Å²) in [6, 6.07) is 36.4. The zero-order chi connectivity index (χ0) is 80.4. The first kappa shape index (κ1) is 91.9. The predicted molar refractivity (Wildman–Crippen MR) is 435 cm³/mol. The van der Waals surface area contributed by atoms with Gasteiger partial charge in [0, 0.05) is 112 Å². The number of nitrogens with zero attached hydrogens (tertiary/aromatic N) is 11. The van der Waals surface area contributed by atoms with Gasteiger partial charge in [0.2, 0.25) is 0 Å². The van der Waals surface area contributed by atoms with Gasteiger partial charge in [-0.2, -0.15) is 12.3 Å². The number of carboxylic acid groups (broad SMARTS) is 1. The first-order valence-corrected chi connectivity index (χ1v) is 41.0. The van der Waals surface area contributed by atoms with E-state index in [1.807, 2.05) is 135 Å². The van der Waals surface area contributed by atoms with Crippen molar-refractivity contribution in [2.45, 2.75) is 176 Å². The summed E-state index contributed by atoms with van der Waals surface area (Å²) < 4.78 is 16.5. The lowest BCUT2D eigenvalue weighted by atomic mass is 9.79. The standard InChI is InChI=1S/C19H28NO3.C18H25NO3.C16H18N2O2.C13H16O3.C7H6N4O.C5H11NO.C4H5N.C4H4N.CH3Br.BrH/c1-20(2)13-12-17(14-20)23-18(21)19(22,16-10-6-7-11-16)15-8-4-3-5-9-15;1-19-12-11-16(13-19)22-17(20)18(21,15-9-5-6-10-15)14-7-3-2-4-8-14;19-15(18-11-10-17-12-18)16(20,14-8-4-5-9-14)13-6-2-1-3-7-13;14-12(15)13(16,11-8-4-5-9-11)10-6-2-1-3-7-10;12-7(10-3-1-8-5-10)11-4-2-9-6-11;1-6-3-2-5(7)4-6;2*1-2-4-5-3-1;1-2;/h3-5,8-9,16-17,22H,6-7,10-14H2,1-2H3;2-4,7-8,15-16,21H,5-6,9-13H2,1H3;1-3,6-7,10-12,14,20H,4-5,8-9H2;1-3,6-7,11,16H,4-5,8-9H2,(H,14,15);1-6H;5,7H,2-4H2,1H3;1,3-4H,2H2;1,3H,2H2;1H3;1H/q+1;;;;;;;-1;;/p-1. The van der Waals surface area contributed by atoms with Crippen molar-refractivity contribution < 1.29 is 85.6 Å². The lowest BCUT2D eigenvalue weighted by Gasteiger charge is -2.33. The van der Waals surface area contributed by atoms with Crippen LogP contribution in [-0.4, -0.2) is 207 Å². The molecule has 7 fully saturated rings. The number of aliphatic hydroxyl groups excluding tert-OH is 1. The number of esters is 2. The van der Waals surface area contributed by atoms with E-state index in [0.717, 1.165) is 179 Å². The van der Waals surface area contributed by atoms with Gasteiger partial charge in [-0.05, 0) is 106 Å². The van der Waals surface area contributed by atoms with Crippen molar-refractivity contribution in [1.29, 1.82) is 0 Å². The summed E-state index contributed by atoms with van der Waals surface area (Å²) in [4.78, 5) is 84.5. The second-order valence-electron chi connectivity index (χ2n) is 30.5. The third kappa shape index (κ3) is 25.9. The third-order valence-electron chi connectivity index (χ3n) is 22.1. The molecule has 3 saturated heterocycles. The molecule has 3 aromatic heterocycles. The fourth-order valence-corrected chi connectivity index (χ4v) is 16.0. The molecular formula is C87H116Br2N11O13-. The Kier molecular flexibility index (Phi) is 37.7. The molecule has 4 aliphatic carbocycles. The molecule has 0 spiro atoms. The summed E-state index contributed by atoms with van der Waals surface area (Å²) in [7, 11) is 8.34. The maximum atomic E-state index is 12.9. The van der Waals surface area contributed by atoms with Crippen molar-refractivity contribution >= 4 is 58.2 Å². The molecule has 8 heterocycles. The number of rotatable bonds is 14. The van der Waals surface area contributed by atoms with Crippen LogP contribution in [0.1, 0.15) is 162 Å². The molecule has 16 rings (SSSR count). The highest BCUT2D eigenvalue weighted by Crippen LogP contribution is 2.46. The van der Waals surface area contributed by atoms with Crippen LogP contribution in [0.2, 0.25) is 0 Å². The molecule has 4 saturated carbocycles. The van der Waals surface area contributed by atoms with E-state index in [-0.39, 0.29) is 70.9 Å². The van der Waals surface area contributed by atoms with Crippen LogP contribution in [0.25, 0.3) is 0 Å². The minimum Gasteiger partial charge on any atom is -1.00 e. The molecule has 4 aromatic carbocycles. The number of aliphatic imine (C=N–C) groups is 2. The number of carbonyl (C=O) groups is 5. The number of likely N-dealkylation sites (tertiary alicyclic amines) is 3. The number of aliphatic hydroxyl groups is 5. The van der Waals surface area contributed by atoms with Crippen molar-refractivity contribution in [1.82, 2.24) is 38.5 Å². The van der Waals surface area contributed by atoms with E-state index in [2.05, 4.69) is 71.0 Å². The second kappa shape index (κ2) is 46.3. The van der Waals surface area contributed by atoms with E-state index >= 15 is 0 Å². The second-order valence-corrected chi connectivity index (χ2v) is 30.5. The first-order valence-electron chi connectivity index (χ1n) is 39.4. The van der Waals surface area contributed by atoms with Crippen molar-refractivity contribution in [2.75, 3.05) is 73.3 Å². The molecule has 24 nitrogen and oxygen atoms in total. The Labute approximate surface area is 684 Å². The largest absolute Gasteiger partial charge is 1.00 e. The maximum absolute atomic E-state index is 12.9. The number of carboxylic acids is 1. The van der Waals surface area contributed by atoms with Gasteiger partial charge in [0.25, 0.3) is 5.91 Å². The molecule has 113 heavy (non-hydrogen) atoms.